The number of quaternary nitrogens is 1. The van der Waals surface area contributed by atoms with Crippen molar-refractivity contribution in [2.24, 2.45) is 11.5 Å². The second kappa shape index (κ2) is 8.60. The first-order valence-corrected chi connectivity index (χ1v) is 11.3. The summed E-state index contributed by atoms with van der Waals surface area (Å²) >= 11 is 0. The van der Waals surface area contributed by atoms with Gasteiger partial charge >= 0.3 is 6.03 Å². The summed E-state index contributed by atoms with van der Waals surface area (Å²) in [6.07, 6.45) is 6.67. The summed E-state index contributed by atoms with van der Waals surface area (Å²) in [5, 5.41) is 10.8. The van der Waals surface area contributed by atoms with Crippen molar-refractivity contribution in [3.8, 4) is 12.3 Å². The van der Waals surface area contributed by atoms with Gasteiger partial charge in [-0.25, -0.2) is 4.79 Å². The summed E-state index contributed by atoms with van der Waals surface area (Å²) in [6, 6.07) is 11.0. The van der Waals surface area contributed by atoms with E-state index in [2.05, 4.69) is 5.92 Å². The topological polar surface area (TPSA) is 127 Å². The maximum atomic E-state index is 13.2. The number of amides is 4. The molecule has 176 valence electrons. The average Bonchev–Trinajstić information content (AvgIpc) is 3.15. The fourth-order valence-corrected chi connectivity index (χ4v) is 5.62. The van der Waals surface area contributed by atoms with Gasteiger partial charge < -0.3 is 21.5 Å². The summed E-state index contributed by atoms with van der Waals surface area (Å²) in [5.41, 5.74) is 13.3. The first-order chi connectivity index (χ1) is 16.2. The lowest BCUT2D eigenvalue weighted by Crippen LogP contribution is -2.70. The van der Waals surface area contributed by atoms with E-state index in [-0.39, 0.29) is 18.9 Å². The van der Waals surface area contributed by atoms with Crippen molar-refractivity contribution in [1.29, 1.82) is 0 Å². The molecule has 0 aromatic heterocycles. The Morgan fingerprint density at radius 2 is 1.88 bits per heavy atom. The zero-order valence-corrected chi connectivity index (χ0v) is 19.2. The van der Waals surface area contributed by atoms with E-state index in [0.29, 0.717) is 29.8 Å². The van der Waals surface area contributed by atoms with Crippen LogP contribution in [0.3, 0.4) is 0 Å². The molecule has 1 unspecified atom stereocenters. The fourth-order valence-electron chi connectivity index (χ4n) is 5.62. The number of carbonyl (C=O) groups excluding carboxylic acids is 3. The summed E-state index contributed by atoms with van der Waals surface area (Å²) in [4.78, 5) is 40.6. The number of anilines is 1. The van der Waals surface area contributed by atoms with Crippen LogP contribution in [0.2, 0.25) is 0 Å². The minimum atomic E-state index is -1.64. The van der Waals surface area contributed by atoms with Gasteiger partial charge in [0.15, 0.2) is 0 Å². The van der Waals surface area contributed by atoms with E-state index in [1.807, 2.05) is 6.92 Å². The number of urea groups is 1. The maximum Gasteiger partial charge on any atom is 0.420 e. The van der Waals surface area contributed by atoms with Crippen LogP contribution in [-0.4, -0.2) is 42.1 Å². The molecule has 3 atom stereocenters. The van der Waals surface area contributed by atoms with E-state index in [9.17, 15) is 19.5 Å². The number of hydrogen-bond acceptors (Lipinski definition) is 4. The largest absolute Gasteiger partial charge is 0.420 e. The molecule has 2 heterocycles. The highest BCUT2D eigenvalue weighted by Crippen LogP contribution is 2.49. The van der Waals surface area contributed by atoms with E-state index in [0.717, 1.165) is 24.1 Å². The third-order valence-corrected chi connectivity index (χ3v) is 7.21. The van der Waals surface area contributed by atoms with E-state index in [4.69, 9.17) is 17.9 Å². The van der Waals surface area contributed by atoms with E-state index < -0.39 is 28.1 Å². The first-order valence-electron chi connectivity index (χ1n) is 11.3. The third-order valence-electron chi connectivity index (χ3n) is 7.21. The van der Waals surface area contributed by atoms with Crippen molar-refractivity contribution >= 4 is 29.2 Å². The molecule has 0 bridgehead atoms. The van der Waals surface area contributed by atoms with Crippen molar-refractivity contribution in [1.82, 2.24) is 4.48 Å². The number of terminal acetylenes is 1. The number of hydrogen-bond donors (Lipinski definition) is 3. The minimum Gasteiger partial charge on any atom is -0.387 e. The van der Waals surface area contributed by atoms with Crippen LogP contribution in [0.25, 0.3) is 0 Å². The molecule has 2 aromatic rings. The van der Waals surface area contributed by atoms with E-state index in [1.54, 1.807) is 47.4 Å². The Bertz CT molecular complexity index is 1200. The van der Waals surface area contributed by atoms with Gasteiger partial charge in [-0.15, -0.1) is 6.42 Å². The zero-order chi connectivity index (χ0) is 24.7. The molecule has 34 heavy (non-hydrogen) atoms. The molecule has 4 amide bonds. The molecule has 2 aromatic carbocycles. The molecule has 0 spiro atoms. The van der Waals surface area contributed by atoms with Crippen LogP contribution in [0.4, 0.5) is 16.2 Å². The predicted molar refractivity (Wildman–Crippen MR) is 130 cm³/mol. The number of nitrogens with zero attached hydrogens (tertiary/aromatic N) is 2. The number of piperidine rings is 1. The van der Waals surface area contributed by atoms with Gasteiger partial charge in [-0.3, -0.25) is 9.59 Å². The number of benzene rings is 2. The highest BCUT2D eigenvalue weighted by Gasteiger charge is 2.68. The molecule has 2 fully saturated rings. The number of aliphatic hydroxyl groups is 1. The third kappa shape index (κ3) is 3.36. The van der Waals surface area contributed by atoms with Crippen LogP contribution in [0.15, 0.2) is 42.5 Å². The van der Waals surface area contributed by atoms with Gasteiger partial charge in [0.05, 0.1) is 0 Å². The Labute approximate surface area is 198 Å². The monoisotopic (exact) mass is 461 g/mol. The quantitative estimate of drug-likeness (QED) is 0.476. The molecule has 8 heteroatoms. The second-order valence-electron chi connectivity index (χ2n) is 9.11. The molecule has 5 N–H and O–H groups in total. The standard InChI is InChI=1S/C26H28N4O4/c1-3-18-7-10-20(11-8-18)30(25(28)34)16-21(31)15-26(30,24(27)33)19-9-12-22(17(2)14-19)29-13-5-4-6-23(29)32/h1,7-12,14,21,31H,4-6,13,15-16H2,2H3,(H3-,27,28,33,34)/p+1/t21-,26-,30?/m1/s1. The Morgan fingerprint density at radius 3 is 2.44 bits per heavy atom. The number of likely N-dealkylation sites (tertiary alicyclic amines) is 1. The SMILES string of the molecule is C#Cc1ccc([N+]2(C(N)=O)C[C@H](O)C[C@]2(C(N)=O)c2ccc(N3CCCCC3=O)c(C)c2)cc1. The molecule has 0 aliphatic carbocycles. The molecule has 0 radical (unpaired) electrons. The second-order valence-corrected chi connectivity index (χ2v) is 9.11. The van der Waals surface area contributed by atoms with Crippen LogP contribution in [0.5, 0.6) is 0 Å². The van der Waals surface area contributed by atoms with E-state index in [1.165, 1.54) is 0 Å². The highest BCUT2D eigenvalue weighted by molar-refractivity contribution is 6.00. The molecule has 2 aliphatic heterocycles. The summed E-state index contributed by atoms with van der Waals surface area (Å²) in [7, 11) is 0. The number of carbonyl (C=O) groups is 3. The predicted octanol–water partition coefficient (Wildman–Crippen LogP) is 2.02. The van der Waals surface area contributed by atoms with Crippen molar-refractivity contribution in [3.05, 3.63) is 59.2 Å². The van der Waals surface area contributed by atoms with Gasteiger partial charge in [0.2, 0.25) is 11.4 Å². The Balaban J connectivity index is 1.92. The zero-order valence-electron chi connectivity index (χ0n) is 19.2. The highest BCUT2D eigenvalue weighted by atomic mass is 16.3. The van der Waals surface area contributed by atoms with E-state index >= 15 is 0 Å². The van der Waals surface area contributed by atoms with Crippen molar-refractivity contribution < 1.29 is 19.5 Å². The van der Waals surface area contributed by atoms with Gasteiger partial charge in [0.1, 0.15) is 18.3 Å². The lowest BCUT2D eigenvalue weighted by Gasteiger charge is -2.43. The lowest BCUT2D eigenvalue weighted by molar-refractivity contribution is -0.127. The maximum absolute atomic E-state index is 13.2. The minimum absolute atomic E-state index is 0.0545. The molecule has 0 saturated carbocycles. The normalized spacial score (nSPS) is 26.8. The van der Waals surface area contributed by atoms with Crippen LogP contribution in [-0.2, 0) is 15.1 Å². The van der Waals surface area contributed by atoms with Crippen molar-refractivity contribution in [3.63, 3.8) is 0 Å². The lowest BCUT2D eigenvalue weighted by atomic mass is 9.82. The molecule has 8 nitrogen and oxygen atoms in total. The van der Waals surface area contributed by atoms with Gasteiger partial charge in [-0.1, -0.05) is 12.0 Å². The van der Waals surface area contributed by atoms with Crippen LogP contribution in [0, 0.1) is 19.3 Å². The Morgan fingerprint density at radius 1 is 1.18 bits per heavy atom. The molecule has 2 aliphatic rings. The molecule has 4 rings (SSSR count). The first kappa shape index (κ1) is 23.5. The van der Waals surface area contributed by atoms with Crippen LogP contribution >= 0.6 is 0 Å². The van der Waals surface area contributed by atoms with Gasteiger partial charge in [0.25, 0.3) is 5.91 Å². The fraction of sp³-hybridized carbons (Fsp3) is 0.346. The smallest absolute Gasteiger partial charge is 0.387 e. The van der Waals surface area contributed by atoms with Gasteiger partial charge in [-0.05, 0) is 49.6 Å². The molecular weight excluding hydrogens is 432 g/mol. The Hall–Kier alpha value is -3.67. The molecular formula is C26H29N4O4+. The Kier molecular flexibility index (Phi) is 5.94. The van der Waals surface area contributed by atoms with Crippen molar-refractivity contribution in [2.75, 3.05) is 18.0 Å². The number of aliphatic hydroxyl groups excluding tert-OH is 1. The van der Waals surface area contributed by atoms with Crippen LogP contribution in [0.1, 0.15) is 42.4 Å². The van der Waals surface area contributed by atoms with Crippen LogP contribution < -0.4 is 20.9 Å². The number of nitrogens with two attached hydrogens (primary N) is 2. The number of aryl methyl sites for hydroxylation is 1. The van der Waals surface area contributed by atoms with Gasteiger partial charge in [-0.2, -0.15) is 4.48 Å². The van der Waals surface area contributed by atoms with Crippen molar-refractivity contribution in [2.45, 2.75) is 44.2 Å². The number of primary amides is 2. The van der Waals surface area contributed by atoms with Gasteiger partial charge in [0, 0.05) is 48.3 Å². The summed E-state index contributed by atoms with van der Waals surface area (Å²) in [6.45, 7) is 2.36. The molecule has 2 saturated heterocycles. The summed E-state index contributed by atoms with van der Waals surface area (Å²) < 4.78 is -0.657. The summed E-state index contributed by atoms with van der Waals surface area (Å²) in [5.74, 6) is 1.80. The number of rotatable bonds is 4. The average molecular weight is 462 g/mol.